The molecule has 1 saturated heterocycles. The number of hydrogen-bond acceptors (Lipinski definition) is 5. The number of anilines is 2. The lowest BCUT2D eigenvalue weighted by Crippen LogP contribution is -2.46. The lowest BCUT2D eigenvalue weighted by molar-refractivity contribution is -0.00547. The molecule has 0 amide bonds. The standard InChI is InChI=1S/C14H24N4O/c1-9(2)14-16-12(15-5)6-13(17-14)18-7-10(3)19-11(4)8-18/h6,9-11H,7-8H2,1-5H3,(H,15,16,17). The van der Waals surface area contributed by atoms with E-state index in [1.54, 1.807) is 0 Å². The van der Waals surface area contributed by atoms with Gasteiger partial charge in [0.25, 0.3) is 0 Å². The number of morpholine rings is 1. The van der Waals surface area contributed by atoms with E-state index in [2.05, 4.69) is 42.9 Å². The Morgan fingerprint density at radius 2 is 1.89 bits per heavy atom. The molecule has 2 atom stereocenters. The predicted molar refractivity (Wildman–Crippen MR) is 77.9 cm³/mol. The van der Waals surface area contributed by atoms with E-state index in [0.29, 0.717) is 5.92 Å². The first-order chi connectivity index (χ1) is 8.99. The van der Waals surface area contributed by atoms with Gasteiger partial charge < -0.3 is 15.0 Å². The zero-order valence-corrected chi connectivity index (χ0v) is 12.5. The highest BCUT2D eigenvalue weighted by atomic mass is 16.5. The third-order valence-electron chi connectivity index (χ3n) is 3.25. The van der Waals surface area contributed by atoms with Crippen molar-refractivity contribution >= 4 is 11.6 Å². The van der Waals surface area contributed by atoms with E-state index in [1.165, 1.54) is 0 Å². The van der Waals surface area contributed by atoms with Crippen molar-refractivity contribution in [2.24, 2.45) is 0 Å². The Morgan fingerprint density at radius 1 is 1.26 bits per heavy atom. The molecule has 5 nitrogen and oxygen atoms in total. The molecule has 1 fully saturated rings. The summed E-state index contributed by atoms with van der Waals surface area (Å²) in [4.78, 5) is 11.5. The van der Waals surface area contributed by atoms with Crippen LogP contribution in [-0.2, 0) is 4.74 Å². The van der Waals surface area contributed by atoms with E-state index in [-0.39, 0.29) is 12.2 Å². The van der Waals surface area contributed by atoms with Crippen LogP contribution in [0, 0.1) is 0 Å². The van der Waals surface area contributed by atoms with Gasteiger partial charge >= 0.3 is 0 Å². The second-order valence-corrected chi connectivity index (χ2v) is 5.54. The first kappa shape index (κ1) is 14.1. The summed E-state index contributed by atoms with van der Waals surface area (Å²) in [5.74, 6) is 3.07. The normalized spacial score (nSPS) is 23.8. The van der Waals surface area contributed by atoms with Crippen molar-refractivity contribution in [3.63, 3.8) is 0 Å². The van der Waals surface area contributed by atoms with Crippen molar-refractivity contribution in [3.8, 4) is 0 Å². The molecular weight excluding hydrogens is 240 g/mol. The fraction of sp³-hybridized carbons (Fsp3) is 0.714. The molecule has 0 saturated carbocycles. The van der Waals surface area contributed by atoms with Crippen LogP contribution in [0.3, 0.4) is 0 Å². The van der Waals surface area contributed by atoms with Gasteiger partial charge in [-0.3, -0.25) is 0 Å². The maximum absolute atomic E-state index is 5.77. The Morgan fingerprint density at radius 3 is 2.42 bits per heavy atom. The number of nitrogens with zero attached hydrogens (tertiary/aromatic N) is 3. The number of ether oxygens (including phenoxy) is 1. The Kier molecular flexibility index (Phi) is 4.24. The van der Waals surface area contributed by atoms with Crippen molar-refractivity contribution in [3.05, 3.63) is 11.9 Å². The van der Waals surface area contributed by atoms with E-state index in [9.17, 15) is 0 Å². The highest BCUT2D eigenvalue weighted by Crippen LogP contribution is 2.23. The molecule has 0 aliphatic carbocycles. The largest absolute Gasteiger partial charge is 0.373 e. The second kappa shape index (κ2) is 5.74. The third-order valence-corrected chi connectivity index (χ3v) is 3.25. The van der Waals surface area contributed by atoms with E-state index >= 15 is 0 Å². The minimum absolute atomic E-state index is 0.235. The molecule has 1 aliphatic rings. The number of rotatable bonds is 3. The molecule has 19 heavy (non-hydrogen) atoms. The highest BCUT2D eigenvalue weighted by molar-refractivity contribution is 5.50. The number of hydrogen-bond donors (Lipinski definition) is 1. The first-order valence-corrected chi connectivity index (χ1v) is 6.96. The summed E-state index contributed by atoms with van der Waals surface area (Å²) in [6.07, 6.45) is 0.471. The number of aromatic nitrogens is 2. The van der Waals surface area contributed by atoms with Crippen LogP contribution in [0.1, 0.15) is 39.4 Å². The monoisotopic (exact) mass is 264 g/mol. The van der Waals surface area contributed by atoms with Gasteiger partial charge in [-0.25, -0.2) is 9.97 Å². The van der Waals surface area contributed by atoms with Crippen LogP contribution in [0.25, 0.3) is 0 Å². The average molecular weight is 264 g/mol. The molecule has 1 N–H and O–H groups in total. The maximum Gasteiger partial charge on any atom is 0.135 e. The predicted octanol–water partition coefficient (Wildman–Crippen LogP) is 2.26. The molecule has 1 aromatic rings. The van der Waals surface area contributed by atoms with Crippen molar-refractivity contribution in [1.82, 2.24) is 9.97 Å². The van der Waals surface area contributed by atoms with Crippen LogP contribution in [0.5, 0.6) is 0 Å². The molecule has 0 bridgehead atoms. The summed E-state index contributed by atoms with van der Waals surface area (Å²) in [6, 6.07) is 2.01. The van der Waals surface area contributed by atoms with Gasteiger partial charge in [0.1, 0.15) is 17.5 Å². The fourth-order valence-corrected chi connectivity index (χ4v) is 2.37. The maximum atomic E-state index is 5.77. The van der Waals surface area contributed by atoms with Gasteiger partial charge in [0.05, 0.1) is 12.2 Å². The zero-order valence-electron chi connectivity index (χ0n) is 12.5. The summed E-state index contributed by atoms with van der Waals surface area (Å²) in [5, 5.41) is 3.12. The third kappa shape index (κ3) is 3.35. The summed E-state index contributed by atoms with van der Waals surface area (Å²) >= 11 is 0. The van der Waals surface area contributed by atoms with Gasteiger partial charge in [-0.1, -0.05) is 13.8 Å². The van der Waals surface area contributed by atoms with Crippen molar-refractivity contribution in [2.45, 2.75) is 45.8 Å². The summed E-state index contributed by atoms with van der Waals surface area (Å²) in [5.41, 5.74) is 0. The van der Waals surface area contributed by atoms with Gasteiger partial charge in [0.15, 0.2) is 0 Å². The van der Waals surface area contributed by atoms with E-state index in [4.69, 9.17) is 9.72 Å². The molecule has 2 rings (SSSR count). The van der Waals surface area contributed by atoms with Crippen LogP contribution < -0.4 is 10.2 Å². The van der Waals surface area contributed by atoms with E-state index < -0.39 is 0 Å². The van der Waals surface area contributed by atoms with Gasteiger partial charge in [0.2, 0.25) is 0 Å². The molecule has 1 aliphatic heterocycles. The van der Waals surface area contributed by atoms with Crippen LogP contribution in [-0.4, -0.2) is 42.3 Å². The SMILES string of the molecule is CNc1cc(N2CC(C)OC(C)C2)nc(C(C)C)n1. The molecule has 2 unspecified atom stereocenters. The quantitative estimate of drug-likeness (QED) is 0.907. The van der Waals surface area contributed by atoms with Crippen LogP contribution >= 0.6 is 0 Å². The fourth-order valence-electron chi connectivity index (χ4n) is 2.37. The average Bonchev–Trinajstić information content (AvgIpc) is 2.37. The Bertz CT molecular complexity index is 425. The van der Waals surface area contributed by atoms with Crippen molar-refractivity contribution in [2.75, 3.05) is 30.4 Å². The molecule has 5 heteroatoms. The summed E-state index contributed by atoms with van der Waals surface area (Å²) in [7, 11) is 1.89. The molecule has 0 spiro atoms. The smallest absolute Gasteiger partial charge is 0.135 e. The molecule has 1 aromatic heterocycles. The van der Waals surface area contributed by atoms with Crippen molar-refractivity contribution < 1.29 is 4.74 Å². The van der Waals surface area contributed by atoms with Gasteiger partial charge in [-0.2, -0.15) is 0 Å². The van der Waals surface area contributed by atoms with E-state index in [1.807, 2.05) is 13.1 Å². The summed E-state index contributed by atoms with van der Waals surface area (Å²) < 4.78 is 5.77. The van der Waals surface area contributed by atoms with Crippen LogP contribution in [0.15, 0.2) is 6.07 Å². The molecular formula is C14H24N4O. The van der Waals surface area contributed by atoms with Gasteiger partial charge in [0, 0.05) is 32.1 Å². The molecule has 0 radical (unpaired) electrons. The topological polar surface area (TPSA) is 50.3 Å². The van der Waals surface area contributed by atoms with Crippen molar-refractivity contribution in [1.29, 1.82) is 0 Å². The lowest BCUT2D eigenvalue weighted by atomic mass is 10.2. The Hall–Kier alpha value is -1.36. The zero-order chi connectivity index (χ0) is 14.0. The first-order valence-electron chi connectivity index (χ1n) is 6.96. The van der Waals surface area contributed by atoms with Crippen LogP contribution in [0.4, 0.5) is 11.6 Å². The number of nitrogens with one attached hydrogen (secondary N) is 1. The molecule has 106 valence electrons. The van der Waals surface area contributed by atoms with Gasteiger partial charge in [-0.15, -0.1) is 0 Å². The Labute approximate surface area is 115 Å². The second-order valence-electron chi connectivity index (χ2n) is 5.54. The molecule has 0 aromatic carbocycles. The minimum Gasteiger partial charge on any atom is -0.373 e. The lowest BCUT2D eigenvalue weighted by Gasteiger charge is -2.36. The van der Waals surface area contributed by atoms with Crippen LogP contribution in [0.2, 0.25) is 0 Å². The minimum atomic E-state index is 0.235. The summed E-state index contributed by atoms with van der Waals surface area (Å²) in [6.45, 7) is 10.2. The van der Waals surface area contributed by atoms with E-state index in [0.717, 1.165) is 30.5 Å². The highest BCUT2D eigenvalue weighted by Gasteiger charge is 2.24. The Balaban J connectivity index is 2.30. The molecule has 2 heterocycles. The van der Waals surface area contributed by atoms with Gasteiger partial charge in [-0.05, 0) is 13.8 Å².